The minimum Gasteiger partial charge on any atom is -0.497 e. The molecule has 2 aliphatic rings. The van der Waals surface area contributed by atoms with Crippen LogP contribution < -0.4 is 15.4 Å². The maximum Gasteiger partial charge on any atom is 0.233 e. The molecule has 2 aromatic carbocycles. The molecule has 0 saturated carbocycles. The summed E-state index contributed by atoms with van der Waals surface area (Å²) in [6.07, 6.45) is 5.09. The third kappa shape index (κ3) is 2.79. The van der Waals surface area contributed by atoms with Crippen molar-refractivity contribution in [1.29, 1.82) is 5.41 Å². The van der Waals surface area contributed by atoms with Gasteiger partial charge in [-0.05, 0) is 60.2 Å². The molecule has 27 heavy (non-hydrogen) atoms. The summed E-state index contributed by atoms with van der Waals surface area (Å²) in [5.41, 5.74) is 10.1. The van der Waals surface area contributed by atoms with Gasteiger partial charge in [0.15, 0.2) is 0 Å². The summed E-state index contributed by atoms with van der Waals surface area (Å²) in [6.45, 7) is 0.730. The van der Waals surface area contributed by atoms with E-state index in [1.165, 1.54) is 23.5 Å². The Morgan fingerprint density at radius 3 is 2.59 bits per heavy atom. The Hall–Kier alpha value is -3.08. The Morgan fingerprint density at radius 2 is 1.93 bits per heavy atom. The number of carbonyl (C=O) groups excluding carboxylic acids is 1. The van der Waals surface area contributed by atoms with E-state index in [9.17, 15) is 4.79 Å². The quantitative estimate of drug-likeness (QED) is 0.821. The molecule has 1 saturated heterocycles. The second-order valence-electron chi connectivity index (χ2n) is 7.29. The average Bonchev–Trinajstić information content (AvgIpc) is 3.23. The van der Waals surface area contributed by atoms with E-state index >= 15 is 0 Å². The van der Waals surface area contributed by atoms with Crippen molar-refractivity contribution in [2.75, 3.05) is 18.6 Å². The van der Waals surface area contributed by atoms with Gasteiger partial charge in [0.1, 0.15) is 5.75 Å². The van der Waals surface area contributed by atoms with Crippen molar-refractivity contribution in [2.45, 2.75) is 19.3 Å². The summed E-state index contributed by atoms with van der Waals surface area (Å²) in [6, 6.07) is 13.8. The van der Waals surface area contributed by atoms with Crippen LogP contribution in [-0.2, 0) is 17.6 Å². The Kier molecular flexibility index (Phi) is 4.22. The molecule has 1 atom stereocenters. The molecule has 0 bridgehead atoms. The topological polar surface area (TPSA) is 79.4 Å². The lowest BCUT2D eigenvalue weighted by Gasteiger charge is -2.23. The van der Waals surface area contributed by atoms with Gasteiger partial charge in [-0.2, -0.15) is 0 Å². The van der Waals surface area contributed by atoms with Gasteiger partial charge >= 0.3 is 0 Å². The van der Waals surface area contributed by atoms with E-state index in [1.807, 2.05) is 35.2 Å². The van der Waals surface area contributed by atoms with E-state index in [0.29, 0.717) is 5.57 Å². The van der Waals surface area contributed by atoms with Crippen LogP contribution in [0.3, 0.4) is 0 Å². The number of benzene rings is 2. The molecule has 5 heteroatoms. The van der Waals surface area contributed by atoms with Gasteiger partial charge in [-0.1, -0.05) is 18.2 Å². The van der Waals surface area contributed by atoms with Crippen LogP contribution in [0.25, 0.3) is 5.57 Å². The maximum atomic E-state index is 13.3. The summed E-state index contributed by atoms with van der Waals surface area (Å²) in [7, 11) is 1.67. The maximum absolute atomic E-state index is 13.3. The number of nitrogens with two attached hydrogens (primary N) is 1. The first-order valence-electron chi connectivity index (χ1n) is 9.11. The van der Waals surface area contributed by atoms with Gasteiger partial charge in [-0.15, -0.1) is 0 Å². The number of ether oxygens (including phenoxy) is 1. The fourth-order valence-electron chi connectivity index (χ4n) is 4.31. The largest absolute Gasteiger partial charge is 0.497 e. The molecule has 138 valence electrons. The van der Waals surface area contributed by atoms with Crippen molar-refractivity contribution >= 4 is 23.4 Å². The summed E-state index contributed by atoms with van der Waals surface area (Å²) in [5.74, 6) is 1.05. The van der Waals surface area contributed by atoms with Crippen molar-refractivity contribution in [2.24, 2.45) is 11.1 Å². The molecule has 3 N–H and O–H groups in total. The molecule has 1 aliphatic heterocycles. The van der Waals surface area contributed by atoms with Crippen LogP contribution in [0.5, 0.6) is 5.75 Å². The van der Waals surface area contributed by atoms with E-state index in [0.717, 1.165) is 42.8 Å². The lowest BCUT2D eigenvalue weighted by Crippen LogP contribution is -2.35. The molecule has 5 nitrogen and oxygen atoms in total. The highest BCUT2D eigenvalue weighted by atomic mass is 16.5. The summed E-state index contributed by atoms with van der Waals surface area (Å²) in [5, 5.41) is 7.40. The number of methoxy groups -OCH3 is 1. The van der Waals surface area contributed by atoms with Crippen LogP contribution in [0.1, 0.15) is 23.1 Å². The monoisotopic (exact) mass is 361 g/mol. The smallest absolute Gasteiger partial charge is 0.233 e. The van der Waals surface area contributed by atoms with Crippen LogP contribution >= 0.6 is 0 Å². The van der Waals surface area contributed by atoms with Crippen molar-refractivity contribution in [1.82, 2.24) is 0 Å². The fraction of sp³-hybridized carbons (Fsp3) is 0.273. The summed E-state index contributed by atoms with van der Waals surface area (Å²) < 4.78 is 5.33. The van der Waals surface area contributed by atoms with Gasteiger partial charge in [0.05, 0.1) is 12.5 Å². The Balaban J connectivity index is 1.57. The predicted molar refractivity (Wildman–Crippen MR) is 107 cm³/mol. The van der Waals surface area contributed by atoms with Gasteiger partial charge < -0.3 is 20.8 Å². The lowest BCUT2D eigenvalue weighted by molar-refractivity contribution is -0.125. The molecule has 1 spiro atoms. The number of nitrogens with one attached hydrogen (secondary N) is 1. The highest BCUT2D eigenvalue weighted by molar-refractivity contribution is 6.08. The van der Waals surface area contributed by atoms with Crippen LogP contribution in [0.4, 0.5) is 5.69 Å². The SMILES string of the molecule is COc1ccc2c(c1)CC1(CCN(c3ccc(/C(C=N)=C/N)cc3)C1=O)C2. The second kappa shape index (κ2) is 6.58. The van der Waals surface area contributed by atoms with Crippen LogP contribution in [-0.4, -0.2) is 25.8 Å². The van der Waals surface area contributed by atoms with Gasteiger partial charge in [0.25, 0.3) is 0 Å². The van der Waals surface area contributed by atoms with Gasteiger partial charge in [-0.3, -0.25) is 4.79 Å². The summed E-state index contributed by atoms with van der Waals surface area (Å²) in [4.78, 5) is 15.2. The number of fused-ring (bicyclic) bond motifs is 1. The molecule has 1 unspecified atom stereocenters. The van der Waals surface area contributed by atoms with Crippen LogP contribution in [0.15, 0.2) is 48.7 Å². The number of nitrogens with zero attached hydrogens (tertiary/aromatic N) is 1. The van der Waals surface area contributed by atoms with Gasteiger partial charge in [0, 0.05) is 30.2 Å². The number of anilines is 1. The molecule has 1 fully saturated rings. The van der Waals surface area contributed by atoms with Gasteiger partial charge in [-0.25, -0.2) is 0 Å². The first-order chi connectivity index (χ1) is 13.1. The third-order valence-electron chi connectivity index (χ3n) is 5.83. The van der Waals surface area contributed by atoms with Crippen molar-refractivity contribution in [3.8, 4) is 5.75 Å². The molecule has 4 rings (SSSR count). The number of allylic oxidation sites excluding steroid dienone is 1. The highest BCUT2D eigenvalue weighted by Gasteiger charge is 2.50. The van der Waals surface area contributed by atoms with Crippen LogP contribution in [0.2, 0.25) is 0 Å². The molecule has 2 aromatic rings. The molecule has 0 radical (unpaired) electrons. The Labute approximate surface area is 158 Å². The van der Waals surface area contributed by atoms with Crippen molar-refractivity contribution in [3.63, 3.8) is 0 Å². The van der Waals surface area contributed by atoms with E-state index in [2.05, 4.69) is 12.1 Å². The minimum atomic E-state index is -0.329. The average molecular weight is 361 g/mol. The third-order valence-corrected chi connectivity index (χ3v) is 5.83. The Bertz CT molecular complexity index is 933. The first kappa shape index (κ1) is 17.3. The molecule has 0 aromatic heterocycles. The van der Waals surface area contributed by atoms with E-state index in [-0.39, 0.29) is 11.3 Å². The highest BCUT2D eigenvalue weighted by Crippen LogP contribution is 2.46. The zero-order chi connectivity index (χ0) is 19.0. The molecule has 1 aliphatic carbocycles. The van der Waals surface area contributed by atoms with E-state index < -0.39 is 0 Å². The number of hydrogen-bond acceptors (Lipinski definition) is 4. The number of carbonyl (C=O) groups is 1. The molecular weight excluding hydrogens is 338 g/mol. The number of hydrogen-bond donors (Lipinski definition) is 2. The van der Waals surface area contributed by atoms with Crippen LogP contribution in [0, 0.1) is 10.8 Å². The molecule has 1 heterocycles. The zero-order valence-electron chi connectivity index (χ0n) is 15.4. The molecule has 1 amide bonds. The second-order valence-corrected chi connectivity index (χ2v) is 7.29. The number of rotatable bonds is 4. The van der Waals surface area contributed by atoms with E-state index in [4.69, 9.17) is 15.9 Å². The van der Waals surface area contributed by atoms with Crippen molar-refractivity contribution < 1.29 is 9.53 Å². The summed E-state index contributed by atoms with van der Waals surface area (Å²) >= 11 is 0. The Morgan fingerprint density at radius 1 is 1.19 bits per heavy atom. The number of amides is 1. The first-order valence-corrected chi connectivity index (χ1v) is 9.11. The normalized spacial score (nSPS) is 21.6. The molecular formula is C22H23N3O2. The predicted octanol–water partition coefficient (Wildman–Crippen LogP) is 3.17. The fourth-order valence-corrected chi connectivity index (χ4v) is 4.31. The van der Waals surface area contributed by atoms with Crippen molar-refractivity contribution in [3.05, 3.63) is 65.4 Å². The lowest BCUT2D eigenvalue weighted by atomic mass is 9.83. The van der Waals surface area contributed by atoms with Gasteiger partial charge in [0.2, 0.25) is 5.91 Å². The minimum absolute atomic E-state index is 0.201. The zero-order valence-corrected chi connectivity index (χ0v) is 15.4. The van der Waals surface area contributed by atoms with E-state index in [1.54, 1.807) is 7.11 Å². The standard InChI is InChI=1S/C22H23N3O2/c1-27-20-7-4-16-11-22(12-17(16)10-20)8-9-25(21(22)26)19-5-2-15(3-6-19)18(13-23)14-24/h2-7,10,13-14,23H,8-9,11-12,24H2,1H3/b18-14+,23-13?.